The molecule has 0 aromatic heterocycles. The van der Waals surface area contributed by atoms with Gasteiger partial charge in [0.05, 0.1) is 33.0 Å². The number of rotatable bonds is 7. The number of benzene rings is 3. The van der Waals surface area contributed by atoms with E-state index in [0.29, 0.717) is 33.4 Å². The van der Waals surface area contributed by atoms with Crippen LogP contribution in [0.15, 0.2) is 60.7 Å². The fourth-order valence-corrected chi connectivity index (χ4v) is 3.16. The number of methoxy groups -OCH3 is 3. The molecule has 6 nitrogen and oxygen atoms in total. The van der Waals surface area contributed by atoms with E-state index in [1.165, 1.54) is 21.3 Å². The summed E-state index contributed by atoms with van der Waals surface area (Å²) >= 11 is 5.92. The molecule has 0 fully saturated rings. The molecule has 0 amide bonds. The Kier molecular flexibility index (Phi) is 7.37. The standard InChI is InChI=1S/C25H20ClNO5/c1-29-21-5-4-6-22(30-2)24(21)25(28)32-20-12-7-16(14-23(20)31-3)13-18(15-27)17-8-10-19(26)11-9-17/h4-14H,1-3H3. The Morgan fingerprint density at radius 3 is 2.06 bits per heavy atom. The molecule has 0 saturated heterocycles. The molecule has 3 aromatic rings. The Morgan fingerprint density at radius 1 is 0.875 bits per heavy atom. The fourth-order valence-electron chi connectivity index (χ4n) is 3.04. The van der Waals surface area contributed by atoms with Crippen LogP contribution in [0.2, 0.25) is 5.02 Å². The quantitative estimate of drug-likeness (QED) is 0.201. The Morgan fingerprint density at radius 2 is 1.50 bits per heavy atom. The van der Waals surface area contributed by atoms with Crippen molar-refractivity contribution < 1.29 is 23.7 Å². The molecular formula is C25H20ClNO5. The smallest absolute Gasteiger partial charge is 0.351 e. The topological polar surface area (TPSA) is 77.8 Å². The molecule has 0 atom stereocenters. The summed E-state index contributed by atoms with van der Waals surface area (Å²) in [5.74, 6) is 0.547. The number of halogens is 1. The molecule has 7 heteroatoms. The van der Waals surface area contributed by atoms with Gasteiger partial charge in [-0.25, -0.2) is 4.79 Å². The lowest BCUT2D eigenvalue weighted by atomic mass is 10.0. The SMILES string of the molecule is COc1cc(C=C(C#N)c2ccc(Cl)cc2)ccc1OC(=O)c1c(OC)cccc1OC. The largest absolute Gasteiger partial charge is 0.496 e. The molecular weight excluding hydrogens is 430 g/mol. The van der Waals surface area contributed by atoms with E-state index in [1.807, 2.05) is 0 Å². The maximum absolute atomic E-state index is 12.9. The van der Waals surface area contributed by atoms with E-state index >= 15 is 0 Å². The summed E-state index contributed by atoms with van der Waals surface area (Å²) < 4.78 is 21.5. The summed E-state index contributed by atoms with van der Waals surface area (Å²) in [5, 5.41) is 10.1. The molecule has 0 aliphatic heterocycles. The molecule has 3 rings (SSSR count). The van der Waals surface area contributed by atoms with Gasteiger partial charge in [0, 0.05) is 5.02 Å². The number of nitriles is 1. The van der Waals surface area contributed by atoms with Gasteiger partial charge in [-0.2, -0.15) is 5.26 Å². The van der Waals surface area contributed by atoms with E-state index < -0.39 is 5.97 Å². The summed E-state index contributed by atoms with van der Waals surface area (Å²) in [7, 11) is 4.38. The predicted octanol–water partition coefficient (Wildman–Crippen LogP) is 5.65. The summed E-state index contributed by atoms with van der Waals surface area (Å²) in [6, 6.07) is 19.2. The zero-order chi connectivity index (χ0) is 23.1. The van der Waals surface area contributed by atoms with Crippen molar-refractivity contribution in [3.05, 3.63) is 82.4 Å². The average Bonchev–Trinajstić information content (AvgIpc) is 2.83. The molecule has 162 valence electrons. The Bertz CT molecular complexity index is 1170. The first-order valence-electron chi connectivity index (χ1n) is 9.49. The van der Waals surface area contributed by atoms with Gasteiger partial charge in [-0.05, 0) is 53.6 Å². The lowest BCUT2D eigenvalue weighted by Gasteiger charge is -2.14. The highest BCUT2D eigenvalue weighted by atomic mass is 35.5. The number of hydrogen-bond acceptors (Lipinski definition) is 6. The second kappa shape index (κ2) is 10.4. The summed E-state index contributed by atoms with van der Waals surface area (Å²) in [6.07, 6.45) is 1.71. The second-order valence-electron chi connectivity index (χ2n) is 6.51. The maximum atomic E-state index is 12.9. The molecule has 0 unspecified atom stereocenters. The fraction of sp³-hybridized carbons (Fsp3) is 0.120. The zero-order valence-corrected chi connectivity index (χ0v) is 18.5. The molecule has 0 heterocycles. The van der Waals surface area contributed by atoms with Gasteiger partial charge in [-0.3, -0.25) is 0 Å². The van der Waals surface area contributed by atoms with Crippen LogP contribution >= 0.6 is 11.6 Å². The Hall–Kier alpha value is -3.95. The van der Waals surface area contributed by atoms with Gasteiger partial charge < -0.3 is 18.9 Å². The van der Waals surface area contributed by atoms with Gasteiger partial charge in [0.25, 0.3) is 0 Å². The van der Waals surface area contributed by atoms with E-state index in [4.69, 9.17) is 30.5 Å². The average molecular weight is 450 g/mol. The van der Waals surface area contributed by atoms with Gasteiger partial charge in [-0.1, -0.05) is 35.9 Å². The van der Waals surface area contributed by atoms with Crippen LogP contribution in [0.5, 0.6) is 23.0 Å². The predicted molar refractivity (Wildman–Crippen MR) is 122 cm³/mol. The lowest BCUT2D eigenvalue weighted by molar-refractivity contribution is 0.0722. The van der Waals surface area contributed by atoms with Crippen LogP contribution in [0, 0.1) is 11.3 Å². The minimum Gasteiger partial charge on any atom is -0.496 e. The molecule has 3 aromatic carbocycles. The van der Waals surface area contributed by atoms with Gasteiger partial charge in [0.1, 0.15) is 17.1 Å². The summed E-state index contributed by atoms with van der Waals surface area (Å²) in [5.41, 5.74) is 2.04. The first kappa shape index (κ1) is 22.7. The first-order valence-corrected chi connectivity index (χ1v) is 9.87. The molecule has 0 bridgehead atoms. The van der Waals surface area contributed by atoms with E-state index in [0.717, 1.165) is 5.56 Å². The van der Waals surface area contributed by atoms with Crippen molar-refractivity contribution in [1.82, 2.24) is 0 Å². The van der Waals surface area contributed by atoms with E-state index in [1.54, 1.807) is 66.7 Å². The highest BCUT2D eigenvalue weighted by molar-refractivity contribution is 6.30. The van der Waals surface area contributed by atoms with Gasteiger partial charge in [-0.15, -0.1) is 0 Å². The van der Waals surface area contributed by atoms with Crippen LogP contribution in [0.25, 0.3) is 11.6 Å². The van der Waals surface area contributed by atoms with Crippen molar-refractivity contribution in [2.45, 2.75) is 0 Å². The number of ether oxygens (including phenoxy) is 4. The first-order chi connectivity index (χ1) is 15.5. The normalized spacial score (nSPS) is 10.8. The number of carbonyl (C=O) groups excluding carboxylic acids is 1. The number of nitrogens with zero attached hydrogens (tertiary/aromatic N) is 1. The summed E-state index contributed by atoms with van der Waals surface area (Å²) in [6.45, 7) is 0. The van der Waals surface area contributed by atoms with Crippen molar-refractivity contribution in [2.24, 2.45) is 0 Å². The lowest BCUT2D eigenvalue weighted by Crippen LogP contribution is -2.12. The molecule has 0 spiro atoms. The monoisotopic (exact) mass is 449 g/mol. The van der Waals surface area contributed by atoms with Gasteiger partial charge in [0.15, 0.2) is 11.5 Å². The van der Waals surface area contributed by atoms with Crippen molar-refractivity contribution in [3.8, 4) is 29.1 Å². The minimum atomic E-state index is -0.653. The molecule has 32 heavy (non-hydrogen) atoms. The van der Waals surface area contributed by atoms with Crippen LogP contribution in [0.3, 0.4) is 0 Å². The van der Waals surface area contributed by atoms with Gasteiger partial charge >= 0.3 is 5.97 Å². The molecule has 0 radical (unpaired) electrons. The van der Waals surface area contributed by atoms with Crippen LogP contribution in [0.1, 0.15) is 21.5 Å². The third-order valence-electron chi connectivity index (χ3n) is 4.61. The number of esters is 1. The van der Waals surface area contributed by atoms with Gasteiger partial charge in [0.2, 0.25) is 0 Å². The number of carbonyl (C=O) groups is 1. The Labute approximate surface area is 191 Å². The number of hydrogen-bond donors (Lipinski definition) is 0. The van der Waals surface area contributed by atoms with Crippen LogP contribution in [-0.2, 0) is 0 Å². The molecule has 0 aliphatic carbocycles. The molecule has 0 N–H and O–H groups in total. The second-order valence-corrected chi connectivity index (χ2v) is 6.95. The van der Waals surface area contributed by atoms with E-state index in [2.05, 4.69) is 6.07 Å². The Balaban J connectivity index is 1.92. The maximum Gasteiger partial charge on any atom is 0.351 e. The highest BCUT2D eigenvalue weighted by Crippen LogP contribution is 2.34. The van der Waals surface area contributed by atoms with Crippen molar-refractivity contribution >= 4 is 29.2 Å². The molecule has 0 aliphatic rings. The van der Waals surface area contributed by atoms with Crippen molar-refractivity contribution in [1.29, 1.82) is 5.26 Å². The number of allylic oxidation sites excluding steroid dienone is 1. The third kappa shape index (κ3) is 5.02. The zero-order valence-electron chi connectivity index (χ0n) is 17.7. The minimum absolute atomic E-state index is 0.165. The van der Waals surface area contributed by atoms with E-state index in [9.17, 15) is 10.1 Å². The van der Waals surface area contributed by atoms with Crippen molar-refractivity contribution in [3.63, 3.8) is 0 Å². The highest BCUT2D eigenvalue weighted by Gasteiger charge is 2.22. The van der Waals surface area contributed by atoms with Crippen LogP contribution < -0.4 is 18.9 Å². The van der Waals surface area contributed by atoms with E-state index in [-0.39, 0.29) is 11.3 Å². The van der Waals surface area contributed by atoms with Crippen molar-refractivity contribution in [2.75, 3.05) is 21.3 Å². The molecule has 0 saturated carbocycles. The van der Waals surface area contributed by atoms with Crippen LogP contribution in [0.4, 0.5) is 0 Å². The third-order valence-corrected chi connectivity index (χ3v) is 4.86. The summed E-state index contributed by atoms with van der Waals surface area (Å²) in [4.78, 5) is 12.9. The van der Waals surface area contributed by atoms with Crippen LogP contribution in [-0.4, -0.2) is 27.3 Å².